The Balaban J connectivity index is 0.00000961. The predicted octanol–water partition coefficient (Wildman–Crippen LogP) is 4.57. The zero-order valence-corrected chi connectivity index (χ0v) is 20.8. The second-order valence-electron chi connectivity index (χ2n) is 8.53. The van der Waals surface area contributed by atoms with Gasteiger partial charge in [-0.15, -0.1) is 0 Å². The van der Waals surface area contributed by atoms with Gasteiger partial charge in [0.15, 0.2) is 0 Å². The number of nitrogens with zero attached hydrogens (tertiary/aromatic N) is 1. The summed E-state index contributed by atoms with van der Waals surface area (Å²) in [6.45, 7) is 1.01. The van der Waals surface area contributed by atoms with Crippen molar-refractivity contribution in [3.8, 4) is 5.75 Å². The molecule has 0 heterocycles. The molecule has 32 heavy (non-hydrogen) atoms. The summed E-state index contributed by atoms with van der Waals surface area (Å²) >= 11 is 5.91. The van der Waals surface area contributed by atoms with Crippen LogP contribution in [0.25, 0.3) is 0 Å². The molecule has 0 aliphatic carbocycles. The molecule has 186 valence electrons. The van der Waals surface area contributed by atoms with Crippen LogP contribution in [0.15, 0.2) is 24.3 Å². The quantitative estimate of drug-likeness (QED) is 0.182. The highest BCUT2D eigenvalue weighted by Gasteiger charge is 2.31. The van der Waals surface area contributed by atoms with Crippen LogP contribution in [-0.2, 0) is 18.4 Å². The van der Waals surface area contributed by atoms with Crippen molar-refractivity contribution in [2.24, 2.45) is 0 Å². The lowest BCUT2D eigenvalue weighted by molar-refractivity contribution is -0.873. The van der Waals surface area contributed by atoms with Crippen molar-refractivity contribution < 1.29 is 43.1 Å². The topological polar surface area (TPSA) is 132 Å². The van der Waals surface area contributed by atoms with Gasteiger partial charge < -0.3 is 24.7 Å². The Hall–Kier alpha value is -1.19. The summed E-state index contributed by atoms with van der Waals surface area (Å²) in [4.78, 5) is 20.9. The van der Waals surface area contributed by atoms with Crippen LogP contribution < -0.4 is 4.74 Å². The Morgan fingerprint density at radius 1 is 1.09 bits per heavy atom. The number of phosphoric ester groups is 1. The Kier molecular flexibility index (Phi) is 15.0. The van der Waals surface area contributed by atoms with Gasteiger partial charge in [0.05, 0.1) is 40.8 Å². The lowest BCUT2D eigenvalue weighted by Crippen LogP contribution is -2.42. The van der Waals surface area contributed by atoms with E-state index >= 15 is 0 Å². The number of carbonyl (C=O) groups is 1. The van der Waals surface area contributed by atoms with Crippen LogP contribution in [0.2, 0.25) is 5.02 Å². The lowest BCUT2D eigenvalue weighted by Gasteiger charge is -2.29. The van der Waals surface area contributed by atoms with E-state index in [-0.39, 0.29) is 25.0 Å². The number of phosphoric acid groups is 1. The first kappa shape index (κ1) is 30.8. The highest BCUT2D eigenvalue weighted by molar-refractivity contribution is 7.47. The fourth-order valence-electron chi connectivity index (χ4n) is 3.00. The maximum absolute atomic E-state index is 12.1. The minimum atomic E-state index is -4.29. The van der Waals surface area contributed by atoms with Gasteiger partial charge in [-0.1, -0.05) is 43.4 Å². The van der Waals surface area contributed by atoms with Crippen molar-refractivity contribution in [2.45, 2.75) is 51.0 Å². The number of halogens is 1. The van der Waals surface area contributed by atoms with Gasteiger partial charge in [-0.2, -0.15) is 0 Å². The standard InChI is InChI=1S/C21H35ClNO7P.H2O/c1-23(2,3)17-20(16-21(24)25)30-31(26,27)29-14-9-7-5-4-6-8-13-28-19-12-10-11-18(22)15-19;/h10-12,15,20H,4-9,13-14,16-17H2,1-3H3,(H-,24,25,26,27);1H2. The average molecular weight is 498 g/mol. The van der Waals surface area contributed by atoms with Gasteiger partial charge in [0.2, 0.25) is 0 Å². The third kappa shape index (κ3) is 16.4. The van der Waals surface area contributed by atoms with Gasteiger partial charge in [-0.3, -0.25) is 13.8 Å². The Morgan fingerprint density at radius 3 is 2.25 bits per heavy atom. The molecule has 1 aromatic carbocycles. The molecule has 2 unspecified atom stereocenters. The van der Waals surface area contributed by atoms with Gasteiger partial charge >= 0.3 is 13.8 Å². The van der Waals surface area contributed by atoms with Gasteiger partial charge in [-0.25, -0.2) is 4.57 Å². The second-order valence-corrected chi connectivity index (χ2v) is 10.4. The highest BCUT2D eigenvalue weighted by Crippen LogP contribution is 2.45. The molecule has 0 spiro atoms. The fourth-order valence-corrected chi connectivity index (χ4v) is 4.12. The maximum Gasteiger partial charge on any atom is 0.472 e. The molecule has 0 aliphatic heterocycles. The minimum absolute atomic E-state index is 0. The van der Waals surface area contributed by atoms with Crippen LogP contribution in [0.4, 0.5) is 0 Å². The van der Waals surface area contributed by atoms with Gasteiger partial charge in [0, 0.05) is 5.02 Å². The van der Waals surface area contributed by atoms with Gasteiger partial charge in [0.25, 0.3) is 0 Å². The van der Waals surface area contributed by atoms with E-state index in [0.717, 1.165) is 37.9 Å². The van der Waals surface area contributed by atoms with Crippen molar-refractivity contribution in [3.05, 3.63) is 29.3 Å². The van der Waals surface area contributed by atoms with Crippen LogP contribution in [0.1, 0.15) is 44.9 Å². The molecule has 0 bridgehead atoms. The summed E-state index contributed by atoms with van der Waals surface area (Å²) in [6, 6.07) is 7.32. The van der Waals surface area contributed by atoms with Crippen molar-refractivity contribution in [2.75, 3.05) is 40.9 Å². The molecule has 0 fully saturated rings. The molecule has 0 aromatic heterocycles. The van der Waals surface area contributed by atoms with E-state index in [1.807, 2.05) is 33.3 Å². The number of unbranched alkanes of at least 4 members (excludes halogenated alkanes) is 5. The Bertz CT molecular complexity index is 713. The lowest BCUT2D eigenvalue weighted by atomic mass is 10.1. The van der Waals surface area contributed by atoms with Crippen LogP contribution in [0.5, 0.6) is 5.75 Å². The highest BCUT2D eigenvalue weighted by atomic mass is 35.5. The molecule has 0 saturated carbocycles. The first-order valence-corrected chi connectivity index (χ1v) is 12.4. The van der Waals surface area contributed by atoms with Crippen LogP contribution in [0.3, 0.4) is 0 Å². The Morgan fingerprint density at radius 2 is 1.69 bits per heavy atom. The molecule has 1 rings (SSSR count). The SMILES string of the molecule is C[N+](C)(C)CC(CC(=O)O)OP(=O)(O)OCCCCCCCCOc1cccc(Cl)c1.[OH-]. The summed E-state index contributed by atoms with van der Waals surface area (Å²) in [7, 11) is 1.26. The van der Waals surface area contributed by atoms with Gasteiger partial charge in [0.1, 0.15) is 18.4 Å². The van der Waals surface area contributed by atoms with E-state index in [4.69, 9.17) is 30.5 Å². The molecule has 9 nitrogen and oxygen atoms in total. The second kappa shape index (κ2) is 15.6. The van der Waals surface area contributed by atoms with Gasteiger partial charge in [-0.05, 0) is 31.0 Å². The average Bonchev–Trinajstić information content (AvgIpc) is 2.60. The number of carboxylic acid groups (broad SMARTS) is 1. The molecule has 1 aromatic rings. The number of carboxylic acids is 1. The minimum Gasteiger partial charge on any atom is -0.870 e. The summed E-state index contributed by atoms with van der Waals surface area (Å²) in [6.07, 6.45) is 4.24. The molecular formula is C21H37ClNO8P. The summed E-state index contributed by atoms with van der Waals surface area (Å²) in [5, 5.41) is 9.64. The number of rotatable bonds is 17. The van der Waals surface area contributed by atoms with E-state index in [0.29, 0.717) is 22.5 Å². The van der Waals surface area contributed by atoms with Crippen LogP contribution >= 0.6 is 19.4 Å². The third-order valence-electron chi connectivity index (χ3n) is 4.29. The first-order chi connectivity index (χ1) is 14.5. The first-order valence-electron chi connectivity index (χ1n) is 10.5. The number of benzene rings is 1. The molecule has 11 heteroatoms. The van der Waals surface area contributed by atoms with E-state index < -0.39 is 19.9 Å². The van der Waals surface area contributed by atoms with Crippen molar-refractivity contribution in [3.63, 3.8) is 0 Å². The number of likely N-dealkylation sites (N-methyl/N-ethyl adjacent to an activating group) is 1. The smallest absolute Gasteiger partial charge is 0.472 e. The van der Waals surface area contributed by atoms with E-state index in [1.54, 1.807) is 12.1 Å². The number of hydrogen-bond donors (Lipinski definition) is 2. The predicted molar refractivity (Wildman–Crippen MR) is 122 cm³/mol. The molecule has 3 N–H and O–H groups in total. The molecule has 0 radical (unpaired) electrons. The van der Waals surface area contributed by atoms with Crippen LogP contribution in [-0.4, -0.2) is 72.9 Å². The van der Waals surface area contributed by atoms with E-state index in [2.05, 4.69) is 0 Å². The molecule has 0 amide bonds. The maximum atomic E-state index is 12.1. The van der Waals surface area contributed by atoms with Crippen LogP contribution in [0, 0.1) is 0 Å². The normalized spacial score (nSPS) is 14.3. The summed E-state index contributed by atoms with van der Waals surface area (Å²) in [5.74, 6) is -0.316. The Labute approximate surface area is 195 Å². The monoisotopic (exact) mass is 497 g/mol. The molecule has 2 atom stereocenters. The number of hydrogen-bond acceptors (Lipinski definition) is 6. The summed E-state index contributed by atoms with van der Waals surface area (Å²) < 4.78 is 28.3. The number of quaternary nitrogens is 1. The van der Waals surface area contributed by atoms with E-state index in [9.17, 15) is 14.3 Å². The van der Waals surface area contributed by atoms with E-state index in [1.165, 1.54) is 0 Å². The van der Waals surface area contributed by atoms with Crippen molar-refractivity contribution in [1.29, 1.82) is 0 Å². The largest absolute Gasteiger partial charge is 0.870 e. The summed E-state index contributed by atoms with van der Waals surface area (Å²) in [5.41, 5.74) is 0. The number of aliphatic carboxylic acids is 1. The van der Waals surface area contributed by atoms with Crippen molar-refractivity contribution >= 4 is 25.4 Å². The number of ether oxygens (including phenoxy) is 1. The molecular weight excluding hydrogens is 461 g/mol. The zero-order chi connectivity index (χ0) is 23.3. The fraction of sp³-hybridized carbons (Fsp3) is 0.667. The third-order valence-corrected chi connectivity index (χ3v) is 5.60. The van der Waals surface area contributed by atoms with Crippen molar-refractivity contribution in [1.82, 2.24) is 0 Å². The molecule has 0 saturated heterocycles. The molecule has 0 aliphatic rings. The zero-order valence-electron chi connectivity index (χ0n) is 19.1.